The van der Waals surface area contributed by atoms with Crippen molar-refractivity contribution in [1.82, 2.24) is 10.2 Å². The maximum atomic E-state index is 12.1. The van der Waals surface area contributed by atoms with Crippen LogP contribution in [0, 0.1) is 0 Å². The van der Waals surface area contributed by atoms with Crippen molar-refractivity contribution in [3.05, 3.63) is 24.3 Å². The molecule has 3 amide bonds. The van der Waals surface area contributed by atoms with Gasteiger partial charge in [-0.3, -0.25) is 9.69 Å². The predicted octanol–water partition coefficient (Wildman–Crippen LogP) is 2.12. The molecule has 0 spiro atoms. The molecule has 1 atom stereocenters. The van der Waals surface area contributed by atoms with E-state index < -0.39 is 0 Å². The van der Waals surface area contributed by atoms with E-state index >= 15 is 0 Å². The van der Waals surface area contributed by atoms with Crippen molar-refractivity contribution in [3.63, 3.8) is 0 Å². The van der Waals surface area contributed by atoms with Crippen LogP contribution in [-0.4, -0.2) is 41.8 Å². The zero-order valence-corrected chi connectivity index (χ0v) is 12.4. The molecule has 1 fully saturated rings. The van der Waals surface area contributed by atoms with Gasteiger partial charge in [0.2, 0.25) is 5.91 Å². The minimum absolute atomic E-state index is 0.154. The van der Waals surface area contributed by atoms with Gasteiger partial charge < -0.3 is 10.1 Å². The third-order valence-electron chi connectivity index (χ3n) is 2.92. The average molecular weight is 294 g/mol. The molecule has 0 aromatic heterocycles. The number of hydrogen-bond acceptors (Lipinski definition) is 4. The summed E-state index contributed by atoms with van der Waals surface area (Å²) < 4.78 is 5.37. The summed E-state index contributed by atoms with van der Waals surface area (Å²) in [6, 6.07) is 7.30. The van der Waals surface area contributed by atoms with Crippen molar-refractivity contribution >= 4 is 23.7 Å². The molecule has 20 heavy (non-hydrogen) atoms. The van der Waals surface area contributed by atoms with Crippen LogP contribution in [0.25, 0.3) is 0 Å². The van der Waals surface area contributed by atoms with Crippen LogP contribution in [0.1, 0.15) is 13.8 Å². The van der Waals surface area contributed by atoms with Crippen LogP contribution in [0.3, 0.4) is 0 Å². The van der Waals surface area contributed by atoms with Gasteiger partial charge in [0.15, 0.2) is 0 Å². The quantitative estimate of drug-likeness (QED) is 0.845. The SMILES string of the molecule is CCOc1ccc(SC(C)C(=O)N2CCNC2=O)cc1. The Labute approximate surface area is 122 Å². The Balaban J connectivity index is 1.94. The predicted molar refractivity (Wildman–Crippen MR) is 78.0 cm³/mol. The summed E-state index contributed by atoms with van der Waals surface area (Å²) in [5, 5.41) is 2.34. The van der Waals surface area contributed by atoms with Gasteiger partial charge in [-0.25, -0.2) is 4.79 Å². The number of rotatable bonds is 5. The van der Waals surface area contributed by atoms with Gasteiger partial charge in [0.1, 0.15) is 5.75 Å². The van der Waals surface area contributed by atoms with E-state index in [0.29, 0.717) is 19.7 Å². The van der Waals surface area contributed by atoms with Crippen molar-refractivity contribution in [1.29, 1.82) is 0 Å². The molecule has 5 nitrogen and oxygen atoms in total. The van der Waals surface area contributed by atoms with Crippen molar-refractivity contribution < 1.29 is 14.3 Å². The van der Waals surface area contributed by atoms with Crippen LogP contribution >= 0.6 is 11.8 Å². The normalized spacial score (nSPS) is 15.9. The average Bonchev–Trinajstić information content (AvgIpc) is 2.86. The van der Waals surface area contributed by atoms with E-state index in [4.69, 9.17) is 4.74 Å². The van der Waals surface area contributed by atoms with Crippen LogP contribution < -0.4 is 10.1 Å². The first-order chi connectivity index (χ1) is 9.61. The number of imide groups is 1. The van der Waals surface area contributed by atoms with Crippen LogP contribution in [0.4, 0.5) is 4.79 Å². The van der Waals surface area contributed by atoms with E-state index in [0.717, 1.165) is 10.6 Å². The number of thioether (sulfide) groups is 1. The Bertz CT molecular complexity index is 490. The smallest absolute Gasteiger partial charge is 0.324 e. The second-order valence-corrected chi connectivity index (χ2v) is 5.80. The minimum Gasteiger partial charge on any atom is -0.494 e. The van der Waals surface area contributed by atoms with Crippen LogP contribution in [0.2, 0.25) is 0 Å². The first-order valence-electron chi connectivity index (χ1n) is 6.60. The minimum atomic E-state index is -0.297. The number of amides is 3. The van der Waals surface area contributed by atoms with Gasteiger partial charge >= 0.3 is 6.03 Å². The van der Waals surface area contributed by atoms with Gasteiger partial charge in [-0.15, -0.1) is 11.8 Å². The monoisotopic (exact) mass is 294 g/mol. The summed E-state index contributed by atoms with van der Waals surface area (Å²) in [5.74, 6) is 0.661. The second-order valence-electron chi connectivity index (χ2n) is 4.39. The molecule has 1 aromatic rings. The number of ether oxygens (including phenoxy) is 1. The molecular weight excluding hydrogens is 276 g/mol. The molecule has 1 N–H and O–H groups in total. The molecule has 1 heterocycles. The molecule has 1 unspecified atom stereocenters. The van der Waals surface area contributed by atoms with E-state index in [1.54, 1.807) is 0 Å². The Morgan fingerprint density at radius 2 is 2.15 bits per heavy atom. The lowest BCUT2D eigenvalue weighted by molar-refractivity contribution is -0.126. The number of carbonyl (C=O) groups is 2. The molecule has 1 saturated heterocycles. The van der Waals surface area contributed by atoms with Crippen molar-refractivity contribution in [2.24, 2.45) is 0 Å². The van der Waals surface area contributed by atoms with Crippen molar-refractivity contribution in [3.8, 4) is 5.75 Å². The van der Waals surface area contributed by atoms with E-state index in [1.807, 2.05) is 38.1 Å². The Hall–Kier alpha value is -1.69. The van der Waals surface area contributed by atoms with Crippen LogP contribution in [0.5, 0.6) is 5.75 Å². The number of hydrogen-bond donors (Lipinski definition) is 1. The molecule has 6 heteroatoms. The van der Waals surface area contributed by atoms with Gasteiger partial charge in [0, 0.05) is 18.0 Å². The van der Waals surface area contributed by atoms with E-state index in [1.165, 1.54) is 16.7 Å². The largest absolute Gasteiger partial charge is 0.494 e. The highest BCUT2D eigenvalue weighted by Gasteiger charge is 2.29. The highest BCUT2D eigenvalue weighted by Crippen LogP contribution is 2.26. The van der Waals surface area contributed by atoms with E-state index in [2.05, 4.69) is 5.32 Å². The summed E-state index contributed by atoms with van der Waals surface area (Å²) >= 11 is 1.44. The molecule has 1 aliphatic rings. The fourth-order valence-electron chi connectivity index (χ4n) is 1.94. The summed E-state index contributed by atoms with van der Waals surface area (Å²) in [6.45, 7) is 5.36. The third-order valence-corrected chi connectivity index (χ3v) is 4.02. The number of benzene rings is 1. The van der Waals surface area contributed by atoms with Gasteiger partial charge in [-0.05, 0) is 38.1 Å². The number of nitrogens with zero attached hydrogens (tertiary/aromatic N) is 1. The number of carbonyl (C=O) groups excluding carboxylic acids is 2. The lowest BCUT2D eigenvalue weighted by atomic mass is 10.3. The van der Waals surface area contributed by atoms with Gasteiger partial charge in [0.25, 0.3) is 0 Å². The van der Waals surface area contributed by atoms with E-state index in [9.17, 15) is 9.59 Å². The lowest BCUT2D eigenvalue weighted by Gasteiger charge is -2.17. The highest BCUT2D eigenvalue weighted by atomic mass is 32.2. The van der Waals surface area contributed by atoms with Crippen LogP contribution in [0.15, 0.2) is 29.2 Å². The molecule has 0 bridgehead atoms. The maximum absolute atomic E-state index is 12.1. The fraction of sp³-hybridized carbons (Fsp3) is 0.429. The molecule has 1 aliphatic heterocycles. The zero-order valence-electron chi connectivity index (χ0n) is 11.6. The van der Waals surface area contributed by atoms with Crippen molar-refractivity contribution in [2.45, 2.75) is 24.0 Å². The van der Waals surface area contributed by atoms with Gasteiger partial charge in [-0.1, -0.05) is 0 Å². The lowest BCUT2D eigenvalue weighted by Crippen LogP contribution is -2.38. The zero-order chi connectivity index (χ0) is 14.5. The standard InChI is InChI=1S/C14H18N2O3S/c1-3-19-11-4-6-12(7-5-11)20-10(2)13(17)16-9-8-15-14(16)18/h4-7,10H,3,8-9H2,1-2H3,(H,15,18). The van der Waals surface area contributed by atoms with Crippen LogP contribution in [-0.2, 0) is 4.79 Å². The second kappa shape index (κ2) is 6.65. The molecular formula is C14H18N2O3S. The molecule has 2 rings (SSSR count). The first-order valence-corrected chi connectivity index (χ1v) is 7.48. The first kappa shape index (κ1) is 14.7. The third kappa shape index (κ3) is 3.45. The molecule has 0 aliphatic carbocycles. The summed E-state index contributed by atoms with van der Waals surface area (Å²) in [4.78, 5) is 25.9. The summed E-state index contributed by atoms with van der Waals surface area (Å²) in [6.07, 6.45) is 0. The summed E-state index contributed by atoms with van der Waals surface area (Å²) in [5.41, 5.74) is 0. The summed E-state index contributed by atoms with van der Waals surface area (Å²) in [7, 11) is 0. The highest BCUT2D eigenvalue weighted by molar-refractivity contribution is 8.00. The van der Waals surface area contributed by atoms with Gasteiger partial charge in [0.05, 0.1) is 11.9 Å². The number of nitrogens with one attached hydrogen (secondary N) is 1. The van der Waals surface area contributed by atoms with E-state index in [-0.39, 0.29) is 17.2 Å². The Morgan fingerprint density at radius 3 is 2.70 bits per heavy atom. The van der Waals surface area contributed by atoms with Crippen molar-refractivity contribution in [2.75, 3.05) is 19.7 Å². The Morgan fingerprint density at radius 1 is 1.45 bits per heavy atom. The molecule has 0 radical (unpaired) electrons. The molecule has 0 saturated carbocycles. The molecule has 1 aromatic carbocycles. The fourth-order valence-corrected chi connectivity index (χ4v) is 2.87. The Kier molecular flexibility index (Phi) is 4.89. The maximum Gasteiger partial charge on any atom is 0.324 e. The molecule has 108 valence electrons. The van der Waals surface area contributed by atoms with Gasteiger partial charge in [-0.2, -0.15) is 0 Å². The topological polar surface area (TPSA) is 58.6 Å². The number of urea groups is 1.